The van der Waals surface area contributed by atoms with Gasteiger partial charge in [0, 0.05) is 20.1 Å². The van der Waals surface area contributed by atoms with Gasteiger partial charge in [0.05, 0.1) is 12.0 Å². The minimum Gasteiger partial charge on any atom is -0.461 e. The summed E-state index contributed by atoms with van der Waals surface area (Å²) in [6, 6.07) is 9.81. The van der Waals surface area contributed by atoms with E-state index in [1.54, 1.807) is 30.3 Å². The van der Waals surface area contributed by atoms with Gasteiger partial charge < -0.3 is 9.32 Å². The number of benzene rings is 1. The Morgan fingerprint density at radius 3 is 2.64 bits per heavy atom. The molecule has 3 aromatic rings. The molecule has 0 saturated heterocycles. The third kappa shape index (κ3) is 5.01. The van der Waals surface area contributed by atoms with E-state index in [1.807, 2.05) is 16.7 Å². The predicted octanol–water partition coefficient (Wildman–Crippen LogP) is 4.08. The van der Waals surface area contributed by atoms with E-state index in [-0.39, 0.29) is 17.5 Å². The summed E-state index contributed by atoms with van der Waals surface area (Å²) in [5.74, 6) is 1.62. The van der Waals surface area contributed by atoms with Crippen LogP contribution in [0, 0.1) is 11.7 Å². The summed E-state index contributed by atoms with van der Waals surface area (Å²) < 4.78 is 20.5. The van der Waals surface area contributed by atoms with Gasteiger partial charge in [-0.1, -0.05) is 37.7 Å². The average molecular weight is 402 g/mol. The van der Waals surface area contributed by atoms with Crippen LogP contribution >= 0.6 is 11.8 Å². The molecule has 1 amide bonds. The number of hydrogen-bond donors (Lipinski definition) is 0. The minimum absolute atomic E-state index is 0.0343. The molecular weight excluding hydrogens is 379 g/mol. The molecule has 0 radical (unpaired) electrons. The molecule has 0 unspecified atom stereocenters. The topological polar surface area (TPSA) is 64.2 Å². The van der Waals surface area contributed by atoms with E-state index >= 15 is 0 Å². The highest BCUT2D eigenvalue weighted by Gasteiger charge is 2.19. The Labute approximate surface area is 167 Å². The molecule has 0 aliphatic rings. The molecule has 1 aromatic carbocycles. The Balaban J connectivity index is 1.66. The van der Waals surface area contributed by atoms with Gasteiger partial charge in [0.1, 0.15) is 5.82 Å². The molecule has 3 rings (SSSR count). The highest BCUT2D eigenvalue weighted by Crippen LogP contribution is 2.25. The van der Waals surface area contributed by atoms with Crippen LogP contribution in [0.15, 0.2) is 52.2 Å². The number of aromatic nitrogens is 3. The number of hydrogen-bond acceptors (Lipinski definition) is 5. The second-order valence-corrected chi connectivity index (χ2v) is 7.90. The Kier molecular flexibility index (Phi) is 6.51. The molecule has 28 heavy (non-hydrogen) atoms. The molecule has 6 nitrogen and oxygen atoms in total. The molecule has 8 heteroatoms. The lowest BCUT2D eigenvalue weighted by molar-refractivity contribution is -0.127. The quantitative estimate of drug-likeness (QED) is 0.531. The van der Waals surface area contributed by atoms with Crippen molar-refractivity contribution in [2.45, 2.75) is 32.1 Å². The van der Waals surface area contributed by atoms with E-state index in [2.05, 4.69) is 24.0 Å². The van der Waals surface area contributed by atoms with Crippen LogP contribution in [0.3, 0.4) is 0 Å². The lowest BCUT2D eigenvalue weighted by Gasteiger charge is -2.17. The number of carbonyl (C=O) groups excluding carboxylic acids is 1. The Hall–Kier alpha value is -2.61. The summed E-state index contributed by atoms with van der Waals surface area (Å²) in [4.78, 5) is 14.1. The molecule has 0 N–H and O–H groups in total. The molecule has 0 saturated carbocycles. The first-order valence-electron chi connectivity index (χ1n) is 9.02. The molecule has 0 spiro atoms. The second kappa shape index (κ2) is 9.05. The van der Waals surface area contributed by atoms with Crippen LogP contribution in [0.2, 0.25) is 0 Å². The van der Waals surface area contributed by atoms with Crippen molar-refractivity contribution in [3.8, 4) is 11.6 Å². The zero-order chi connectivity index (χ0) is 20.1. The van der Waals surface area contributed by atoms with Gasteiger partial charge in [-0.15, -0.1) is 10.2 Å². The van der Waals surface area contributed by atoms with Crippen LogP contribution in [0.4, 0.5) is 4.39 Å². The summed E-state index contributed by atoms with van der Waals surface area (Å²) in [5.41, 5.74) is 0.880. The van der Waals surface area contributed by atoms with Crippen molar-refractivity contribution in [3.63, 3.8) is 0 Å². The zero-order valence-electron chi connectivity index (χ0n) is 16.1. The van der Waals surface area contributed by atoms with Gasteiger partial charge in [-0.3, -0.25) is 9.36 Å². The van der Waals surface area contributed by atoms with Crippen LogP contribution in [0.1, 0.15) is 19.4 Å². The van der Waals surface area contributed by atoms with Crippen molar-refractivity contribution in [3.05, 3.63) is 54.0 Å². The Morgan fingerprint density at radius 1 is 1.25 bits per heavy atom. The fourth-order valence-corrected chi connectivity index (χ4v) is 3.59. The van der Waals surface area contributed by atoms with Crippen molar-refractivity contribution in [1.82, 2.24) is 19.7 Å². The largest absolute Gasteiger partial charge is 0.461 e. The van der Waals surface area contributed by atoms with Crippen LogP contribution < -0.4 is 0 Å². The van der Waals surface area contributed by atoms with E-state index in [9.17, 15) is 9.18 Å². The summed E-state index contributed by atoms with van der Waals surface area (Å²) in [5, 5.41) is 9.19. The van der Waals surface area contributed by atoms with Gasteiger partial charge in [-0.2, -0.15) is 0 Å². The summed E-state index contributed by atoms with van der Waals surface area (Å²) in [6.45, 7) is 5.38. The summed E-state index contributed by atoms with van der Waals surface area (Å²) in [6.07, 6.45) is 1.60. The molecule has 0 aliphatic heterocycles. The predicted molar refractivity (Wildman–Crippen MR) is 106 cm³/mol. The van der Waals surface area contributed by atoms with Crippen LogP contribution in [0.5, 0.6) is 0 Å². The number of amides is 1. The SMILES string of the molecule is CC(C)Cn1c(SCC(=O)N(C)Cc2ccc(F)cc2)nnc1-c1ccco1. The first-order chi connectivity index (χ1) is 13.4. The first-order valence-corrected chi connectivity index (χ1v) is 10.0. The maximum Gasteiger partial charge on any atom is 0.233 e. The number of rotatable bonds is 8. The fourth-order valence-electron chi connectivity index (χ4n) is 2.70. The minimum atomic E-state index is -0.287. The first kappa shape index (κ1) is 20.1. The number of thioether (sulfide) groups is 1. The van der Waals surface area contributed by atoms with Gasteiger partial charge >= 0.3 is 0 Å². The highest BCUT2D eigenvalue weighted by atomic mass is 32.2. The summed E-state index contributed by atoms with van der Waals surface area (Å²) >= 11 is 1.35. The van der Waals surface area contributed by atoms with Crippen molar-refractivity contribution in [1.29, 1.82) is 0 Å². The normalized spacial score (nSPS) is 11.2. The lowest BCUT2D eigenvalue weighted by Crippen LogP contribution is -2.28. The maximum absolute atomic E-state index is 13.0. The maximum atomic E-state index is 13.0. The molecular formula is C20H23FN4O2S. The third-order valence-corrected chi connectivity index (χ3v) is 5.04. The van der Waals surface area contributed by atoms with Gasteiger partial charge in [0.25, 0.3) is 0 Å². The zero-order valence-corrected chi connectivity index (χ0v) is 16.9. The van der Waals surface area contributed by atoms with Gasteiger partial charge in [0.2, 0.25) is 5.91 Å². The van der Waals surface area contributed by atoms with Crippen LogP contribution in [0.25, 0.3) is 11.6 Å². The van der Waals surface area contributed by atoms with Crippen molar-refractivity contribution >= 4 is 17.7 Å². The lowest BCUT2D eigenvalue weighted by atomic mass is 10.2. The molecule has 148 valence electrons. The standard InChI is InChI=1S/C20H23FN4O2S/c1-14(2)11-25-19(17-5-4-10-27-17)22-23-20(25)28-13-18(26)24(3)12-15-6-8-16(21)9-7-15/h4-10,14H,11-13H2,1-3H3. The van der Waals surface area contributed by atoms with E-state index in [0.29, 0.717) is 29.2 Å². The summed E-state index contributed by atoms with van der Waals surface area (Å²) in [7, 11) is 1.74. The molecule has 0 aliphatic carbocycles. The number of nitrogens with zero attached hydrogens (tertiary/aromatic N) is 4. The molecule has 0 bridgehead atoms. The van der Waals surface area contributed by atoms with E-state index in [1.165, 1.54) is 23.9 Å². The third-order valence-electron chi connectivity index (χ3n) is 4.09. The molecule has 0 atom stereocenters. The monoisotopic (exact) mass is 402 g/mol. The van der Waals surface area contributed by atoms with Gasteiger partial charge in [-0.05, 0) is 35.7 Å². The Morgan fingerprint density at radius 2 is 2.00 bits per heavy atom. The number of halogens is 1. The van der Waals surface area contributed by atoms with Gasteiger partial charge in [-0.25, -0.2) is 4.39 Å². The fraction of sp³-hybridized carbons (Fsp3) is 0.350. The highest BCUT2D eigenvalue weighted by molar-refractivity contribution is 7.99. The average Bonchev–Trinajstić information content (AvgIpc) is 3.31. The Bertz CT molecular complexity index is 907. The van der Waals surface area contributed by atoms with E-state index in [0.717, 1.165) is 12.1 Å². The molecule has 2 aromatic heterocycles. The van der Waals surface area contributed by atoms with Crippen molar-refractivity contribution < 1.29 is 13.6 Å². The van der Waals surface area contributed by atoms with E-state index < -0.39 is 0 Å². The molecule has 2 heterocycles. The van der Waals surface area contributed by atoms with E-state index in [4.69, 9.17) is 4.42 Å². The number of carbonyl (C=O) groups is 1. The van der Waals surface area contributed by atoms with Crippen molar-refractivity contribution in [2.75, 3.05) is 12.8 Å². The second-order valence-electron chi connectivity index (χ2n) is 6.95. The molecule has 0 fully saturated rings. The number of furan rings is 1. The smallest absolute Gasteiger partial charge is 0.233 e. The van der Waals surface area contributed by atoms with Crippen molar-refractivity contribution in [2.24, 2.45) is 5.92 Å². The van der Waals surface area contributed by atoms with Gasteiger partial charge in [0.15, 0.2) is 16.7 Å². The van der Waals surface area contributed by atoms with Crippen LogP contribution in [-0.4, -0.2) is 38.4 Å². The van der Waals surface area contributed by atoms with Crippen LogP contribution in [-0.2, 0) is 17.9 Å².